The molecular formula is C17H18O4. The summed E-state index contributed by atoms with van der Waals surface area (Å²) in [7, 11) is 0. The Bertz CT molecular complexity index is 692. The SMILES string of the molecule is C/C(=C1\C(=O)OC(=O)C1=C1CCCC1)c1cc(C)oc1C. The van der Waals surface area contributed by atoms with E-state index in [0.717, 1.165) is 53.9 Å². The molecule has 0 amide bonds. The molecular weight excluding hydrogens is 268 g/mol. The maximum Gasteiger partial charge on any atom is 0.347 e. The van der Waals surface area contributed by atoms with Crippen molar-refractivity contribution in [3.63, 3.8) is 0 Å². The van der Waals surface area contributed by atoms with Crippen LogP contribution >= 0.6 is 0 Å². The maximum absolute atomic E-state index is 12.1. The summed E-state index contributed by atoms with van der Waals surface area (Å²) in [6.07, 6.45) is 3.88. The van der Waals surface area contributed by atoms with Crippen molar-refractivity contribution in [1.29, 1.82) is 0 Å². The molecule has 1 aliphatic heterocycles. The number of allylic oxidation sites excluding steroid dienone is 2. The first-order valence-corrected chi connectivity index (χ1v) is 7.26. The molecule has 3 rings (SSSR count). The van der Waals surface area contributed by atoms with E-state index < -0.39 is 11.9 Å². The number of esters is 2. The van der Waals surface area contributed by atoms with E-state index in [-0.39, 0.29) is 0 Å². The molecule has 1 aliphatic carbocycles. The molecule has 0 N–H and O–H groups in total. The van der Waals surface area contributed by atoms with Gasteiger partial charge in [-0.05, 0) is 58.1 Å². The van der Waals surface area contributed by atoms with Crippen LogP contribution in [0.2, 0.25) is 0 Å². The fourth-order valence-corrected chi connectivity index (χ4v) is 3.24. The zero-order chi connectivity index (χ0) is 15.1. The van der Waals surface area contributed by atoms with Crippen LogP contribution in [0.4, 0.5) is 0 Å². The van der Waals surface area contributed by atoms with Crippen LogP contribution in [0.1, 0.15) is 49.7 Å². The van der Waals surface area contributed by atoms with Crippen molar-refractivity contribution in [3.8, 4) is 0 Å². The van der Waals surface area contributed by atoms with Gasteiger partial charge in [0, 0.05) is 5.56 Å². The predicted octanol–water partition coefficient (Wildman–Crippen LogP) is 3.62. The Kier molecular flexibility index (Phi) is 3.32. The number of rotatable bonds is 1. The van der Waals surface area contributed by atoms with Crippen molar-refractivity contribution in [3.05, 3.63) is 39.9 Å². The van der Waals surface area contributed by atoms with Gasteiger partial charge in [0.2, 0.25) is 0 Å². The van der Waals surface area contributed by atoms with E-state index in [1.54, 1.807) is 0 Å². The Balaban J connectivity index is 2.20. The summed E-state index contributed by atoms with van der Waals surface area (Å²) in [4.78, 5) is 24.2. The summed E-state index contributed by atoms with van der Waals surface area (Å²) >= 11 is 0. The lowest BCUT2D eigenvalue weighted by molar-refractivity contribution is -0.149. The minimum atomic E-state index is -0.537. The van der Waals surface area contributed by atoms with Crippen LogP contribution in [0.15, 0.2) is 27.2 Å². The van der Waals surface area contributed by atoms with E-state index in [4.69, 9.17) is 9.15 Å². The number of carbonyl (C=O) groups excluding carboxylic acids is 2. The van der Waals surface area contributed by atoms with Gasteiger partial charge in [-0.3, -0.25) is 0 Å². The number of carbonyl (C=O) groups is 2. The quantitative estimate of drug-likeness (QED) is 0.449. The second-order valence-electron chi connectivity index (χ2n) is 5.69. The van der Waals surface area contributed by atoms with Crippen molar-refractivity contribution in [2.75, 3.05) is 0 Å². The summed E-state index contributed by atoms with van der Waals surface area (Å²) in [5.41, 5.74) is 3.59. The van der Waals surface area contributed by atoms with E-state index in [1.807, 2.05) is 26.8 Å². The molecule has 110 valence electrons. The van der Waals surface area contributed by atoms with E-state index >= 15 is 0 Å². The van der Waals surface area contributed by atoms with Crippen LogP contribution in [-0.2, 0) is 14.3 Å². The molecule has 4 nitrogen and oxygen atoms in total. The first kappa shape index (κ1) is 13.9. The predicted molar refractivity (Wildman–Crippen MR) is 77.4 cm³/mol. The molecule has 1 aromatic heterocycles. The van der Waals surface area contributed by atoms with Crippen molar-refractivity contribution in [2.24, 2.45) is 0 Å². The Labute approximate surface area is 123 Å². The van der Waals surface area contributed by atoms with Crippen molar-refractivity contribution < 1.29 is 18.7 Å². The lowest BCUT2D eigenvalue weighted by Crippen LogP contribution is -2.00. The number of aryl methyl sites for hydroxylation is 2. The van der Waals surface area contributed by atoms with Gasteiger partial charge in [0.15, 0.2) is 0 Å². The number of hydrogen-bond acceptors (Lipinski definition) is 4. The van der Waals surface area contributed by atoms with Crippen molar-refractivity contribution >= 4 is 17.5 Å². The average Bonchev–Trinajstić information content (AvgIpc) is 3.09. The Morgan fingerprint density at radius 1 is 1.10 bits per heavy atom. The van der Waals surface area contributed by atoms with Gasteiger partial charge in [-0.25, -0.2) is 9.59 Å². The van der Waals surface area contributed by atoms with E-state index in [2.05, 4.69) is 0 Å². The molecule has 1 saturated heterocycles. The molecule has 2 heterocycles. The van der Waals surface area contributed by atoms with Crippen LogP contribution in [-0.4, -0.2) is 11.9 Å². The summed E-state index contributed by atoms with van der Waals surface area (Å²) in [6.45, 7) is 5.57. The largest absolute Gasteiger partial charge is 0.466 e. The highest BCUT2D eigenvalue weighted by atomic mass is 16.6. The summed E-state index contributed by atoms with van der Waals surface area (Å²) in [6, 6.07) is 1.89. The third-order valence-corrected chi connectivity index (χ3v) is 4.22. The summed E-state index contributed by atoms with van der Waals surface area (Å²) < 4.78 is 10.4. The molecule has 0 atom stereocenters. The van der Waals surface area contributed by atoms with Crippen LogP contribution in [0, 0.1) is 13.8 Å². The van der Waals surface area contributed by atoms with Crippen molar-refractivity contribution in [1.82, 2.24) is 0 Å². The third kappa shape index (κ3) is 2.24. The number of furan rings is 1. The normalized spacial score (nSPS) is 21.3. The van der Waals surface area contributed by atoms with Crippen LogP contribution < -0.4 is 0 Å². The van der Waals surface area contributed by atoms with Gasteiger partial charge in [-0.15, -0.1) is 0 Å². The molecule has 0 radical (unpaired) electrons. The number of ether oxygens (including phenoxy) is 1. The maximum atomic E-state index is 12.1. The van der Waals surface area contributed by atoms with Gasteiger partial charge < -0.3 is 9.15 Å². The van der Waals surface area contributed by atoms with E-state index in [0.29, 0.717) is 11.1 Å². The minimum absolute atomic E-state index is 0.417. The fraction of sp³-hybridized carbons (Fsp3) is 0.412. The van der Waals surface area contributed by atoms with Gasteiger partial charge in [0.1, 0.15) is 11.5 Å². The molecule has 21 heavy (non-hydrogen) atoms. The highest BCUT2D eigenvalue weighted by Gasteiger charge is 2.38. The molecule has 2 fully saturated rings. The lowest BCUT2D eigenvalue weighted by atomic mass is 9.93. The highest BCUT2D eigenvalue weighted by molar-refractivity contribution is 6.22. The Morgan fingerprint density at radius 3 is 2.33 bits per heavy atom. The molecule has 4 heteroatoms. The van der Waals surface area contributed by atoms with Crippen LogP contribution in [0.3, 0.4) is 0 Å². The third-order valence-electron chi connectivity index (χ3n) is 4.22. The van der Waals surface area contributed by atoms with Gasteiger partial charge in [-0.2, -0.15) is 0 Å². The first-order chi connectivity index (χ1) is 9.99. The minimum Gasteiger partial charge on any atom is -0.466 e. The summed E-state index contributed by atoms with van der Waals surface area (Å²) in [5.74, 6) is 0.505. The monoisotopic (exact) mass is 286 g/mol. The zero-order valence-corrected chi connectivity index (χ0v) is 12.5. The Morgan fingerprint density at radius 2 is 1.76 bits per heavy atom. The standard InChI is InChI=1S/C17H18O4/c1-9-8-13(11(3)20-9)10(2)14-15(12-6-4-5-7-12)17(19)21-16(14)18/h8H,4-7H2,1-3H3/b14-10+. The van der Waals surface area contributed by atoms with Crippen molar-refractivity contribution in [2.45, 2.75) is 46.5 Å². The summed E-state index contributed by atoms with van der Waals surface area (Å²) in [5, 5.41) is 0. The second kappa shape index (κ2) is 5.02. The fourth-order valence-electron chi connectivity index (χ4n) is 3.24. The molecule has 1 saturated carbocycles. The zero-order valence-electron chi connectivity index (χ0n) is 12.5. The van der Waals surface area contributed by atoms with Gasteiger partial charge in [0.05, 0.1) is 11.1 Å². The average molecular weight is 286 g/mol. The lowest BCUT2D eigenvalue weighted by Gasteiger charge is -2.05. The molecule has 0 unspecified atom stereocenters. The first-order valence-electron chi connectivity index (χ1n) is 7.26. The molecule has 1 aromatic rings. The number of hydrogen-bond donors (Lipinski definition) is 0. The molecule has 2 aliphatic rings. The molecule has 0 spiro atoms. The van der Waals surface area contributed by atoms with E-state index in [1.165, 1.54) is 0 Å². The van der Waals surface area contributed by atoms with Gasteiger partial charge >= 0.3 is 11.9 Å². The highest BCUT2D eigenvalue weighted by Crippen LogP contribution is 2.38. The smallest absolute Gasteiger partial charge is 0.347 e. The molecule has 0 aromatic carbocycles. The van der Waals surface area contributed by atoms with E-state index in [9.17, 15) is 9.59 Å². The number of cyclic esters (lactones) is 2. The topological polar surface area (TPSA) is 56.5 Å². The van der Waals surface area contributed by atoms with Crippen LogP contribution in [0.5, 0.6) is 0 Å². The van der Waals surface area contributed by atoms with Crippen LogP contribution in [0.25, 0.3) is 5.57 Å². The van der Waals surface area contributed by atoms with Gasteiger partial charge in [-0.1, -0.05) is 5.57 Å². The van der Waals surface area contributed by atoms with Gasteiger partial charge in [0.25, 0.3) is 0 Å². The second-order valence-corrected chi connectivity index (χ2v) is 5.69. The Hall–Kier alpha value is -2.10. The molecule has 0 bridgehead atoms.